The minimum Gasteiger partial charge on any atom is -0.481 e. The van der Waals surface area contributed by atoms with Crippen LogP contribution in [-0.2, 0) is 17.6 Å². The van der Waals surface area contributed by atoms with Crippen LogP contribution in [-0.4, -0.2) is 16.1 Å². The van der Waals surface area contributed by atoms with Crippen LogP contribution in [0.2, 0.25) is 0 Å². The van der Waals surface area contributed by atoms with Crippen molar-refractivity contribution in [3.8, 4) is 0 Å². The van der Waals surface area contributed by atoms with Gasteiger partial charge in [0.2, 0.25) is 0 Å². The predicted octanol–water partition coefficient (Wildman–Crippen LogP) is 2.49. The molecule has 1 aromatic carbocycles. The number of aryl methyl sites for hydroxylation is 1. The molecule has 1 aromatic heterocycles. The number of carboxylic acid groups (broad SMARTS) is 1. The second-order valence-corrected chi connectivity index (χ2v) is 4.45. The van der Waals surface area contributed by atoms with Gasteiger partial charge in [-0.2, -0.15) is 0 Å². The lowest BCUT2D eigenvalue weighted by atomic mass is 10.1. The molecule has 0 fully saturated rings. The van der Waals surface area contributed by atoms with Gasteiger partial charge in [0, 0.05) is 0 Å². The monoisotopic (exact) mass is 221 g/mol. The van der Waals surface area contributed by atoms with E-state index in [0.717, 1.165) is 27.2 Å². The third-order valence-electron chi connectivity index (χ3n) is 2.15. The molecule has 0 spiro atoms. The molecular formula is C11H11NO2S. The smallest absolute Gasteiger partial charge is 0.307 e. The molecule has 78 valence electrons. The molecule has 0 bridgehead atoms. The highest BCUT2D eigenvalue weighted by atomic mass is 32.1. The lowest BCUT2D eigenvalue weighted by Gasteiger charge is -1.95. The minimum atomic E-state index is -0.797. The second-order valence-electron chi connectivity index (χ2n) is 3.33. The van der Waals surface area contributed by atoms with E-state index in [9.17, 15) is 4.79 Å². The van der Waals surface area contributed by atoms with Crippen molar-refractivity contribution in [3.63, 3.8) is 0 Å². The van der Waals surface area contributed by atoms with Gasteiger partial charge in [0.1, 0.15) is 0 Å². The second kappa shape index (κ2) is 3.98. The number of fused-ring (bicyclic) bond motifs is 1. The lowest BCUT2D eigenvalue weighted by molar-refractivity contribution is -0.136. The molecule has 0 unspecified atom stereocenters. The summed E-state index contributed by atoms with van der Waals surface area (Å²) in [6.07, 6.45) is 1.00. The van der Waals surface area contributed by atoms with Crippen molar-refractivity contribution in [2.24, 2.45) is 0 Å². The molecule has 2 aromatic rings. The molecule has 4 heteroatoms. The summed E-state index contributed by atoms with van der Waals surface area (Å²) in [6, 6.07) is 5.64. The van der Waals surface area contributed by atoms with Gasteiger partial charge in [0.25, 0.3) is 0 Å². The highest BCUT2D eigenvalue weighted by molar-refractivity contribution is 7.18. The standard InChI is InChI=1S/C11H11NO2S/c1-2-10-12-8-4-3-7(6-11(13)14)5-9(8)15-10/h3-5H,2,6H2,1H3,(H,13,14). The fraction of sp³-hybridized carbons (Fsp3) is 0.273. The van der Waals surface area contributed by atoms with Crippen molar-refractivity contribution in [2.75, 3.05) is 0 Å². The average molecular weight is 221 g/mol. The maximum absolute atomic E-state index is 10.6. The Morgan fingerprint density at radius 2 is 2.33 bits per heavy atom. The molecule has 0 amide bonds. The molecular weight excluding hydrogens is 210 g/mol. The summed E-state index contributed by atoms with van der Waals surface area (Å²) in [5.41, 5.74) is 1.80. The molecule has 0 radical (unpaired) electrons. The SMILES string of the molecule is CCc1nc2ccc(CC(=O)O)cc2s1. The van der Waals surface area contributed by atoms with Gasteiger partial charge >= 0.3 is 5.97 Å². The number of nitrogens with zero attached hydrogens (tertiary/aromatic N) is 1. The fourth-order valence-electron chi connectivity index (χ4n) is 1.45. The summed E-state index contributed by atoms with van der Waals surface area (Å²) < 4.78 is 1.07. The zero-order chi connectivity index (χ0) is 10.8. The first-order chi connectivity index (χ1) is 7.19. The predicted molar refractivity (Wildman–Crippen MR) is 60.3 cm³/mol. The average Bonchev–Trinajstić information content (AvgIpc) is 2.58. The van der Waals surface area contributed by atoms with Crippen LogP contribution in [0.15, 0.2) is 18.2 Å². The van der Waals surface area contributed by atoms with Gasteiger partial charge in [-0.25, -0.2) is 4.98 Å². The number of benzene rings is 1. The van der Waals surface area contributed by atoms with Crippen molar-refractivity contribution in [3.05, 3.63) is 28.8 Å². The first-order valence-electron chi connectivity index (χ1n) is 4.79. The number of hydrogen-bond donors (Lipinski definition) is 1. The number of aromatic nitrogens is 1. The molecule has 0 aliphatic rings. The van der Waals surface area contributed by atoms with Crippen LogP contribution >= 0.6 is 11.3 Å². The van der Waals surface area contributed by atoms with Crippen molar-refractivity contribution >= 4 is 27.5 Å². The van der Waals surface area contributed by atoms with Gasteiger partial charge in [-0.3, -0.25) is 4.79 Å². The van der Waals surface area contributed by atoms with Gasteiger partial charge in [-0.1, -0.05) is 13.0 Å². The van der Waals surface area contributed by atoms with E-state index in [4.69, 9.17) is 5.11 Å². The molecule has 15 heavy (non-hydrogen) atoms. The summed E-state index contributed by atoms with van der Waals surface area (Å²) >= 11 is 1.63. The Hall–Kier alpha value is -1.42. The zero-order valence-electron chi connectivity index (χ0n) is 8.36. The number of hydrogen-bond acceptors (Lipinski definition) is 3. The Bertz CT molecular complexity index is 504. The van der Waals surface area contributed by atoms with Gasteiger partial charge in [-0.15, -0.1) is 11.3 Å². The van der Waals surface area contributed by atoms with E-state index in [2.05, 4.69) is 11.9 Å². The molecule has 2 rings (SSSR count). The summed E-state index contributed by atoms with van der Waals surface area (Å²) in [7, 11) is 0. The van der Waals surface area contributed by atoms with Crippen molar-refractivity contribution in [1.29, 1.82) is 0 Å². The summed E-state index contributed by atoms with van der Waals surface area (Å²) in [4.78, 5) is 15.0. The Morgan fingerprint density at radius 1 is 1.53 bits per heavy atom. The van der Waals surface area contributed by atoms with Crippen LogP contribution in [0.5, 0.6) is 0 Å². The normalized spacial score (nSPS) is 10.7. The van der Waals surface area contributed by atoms with Crippen molar-refractivity contribution < 1.29 is 9.90 Å². The Morgan fingerprint density at radius 3 is 3.00 bits per heavy atom. The molecule has 1 N–H and O–H groups in total. The summed E-state index contributed by atoms with van der Waals surface area (Å²) in [5.74, 6) is -0.797. The lowest BCUT2D eigenvalue weighted by Crippen LogP contribution is -1.99. The Balaban J connectivity index is 2.41. The number of rotatable bonds is 3. The largest absolute Gasteiger partial charge is 0.481 e. The van der Waals surface area contributed by atoms with E-state index in [1.165, 1.54) is 0 Å². The molecule has 0 aliphatic carbocycles. The van der Waals surface area contributed by atoms with Gasteiger partial charge in [-0.05, 0) is 24.1 Å². The van der Waals surface area contributed by atoms with Crippen molar-refractivity contribution in [2.45, 2.75) is 19.8 Å². The van der Waals surface area contributed by atoms with E-state index >= 15 is 0 Å². The minimum absolute atomic E-state index is 0.0787. The summed E-state index contributed by atoms with van der Waals surface area (Å²) in [6.45, 7) is 2.07. The molecule has 3 nitrogen and oxygen atoms in total. The molecule has 1 heterocycles. The number of carboxylic acids is 1. The molecule has 0 aliphatic heterocycles. The molecule has 0 saturated heterocycles. The third-order valence-corrected chi connectivity index (χ3v) is 3.32. The maximum Gasteiger partial charge on any atom is 0.307 e. The van der Waals surface area contributed by atoms with Crippen LogP contribution in [0.4, 0.5) is 0 Å². The molecule has 0 saturated carbocycles. The zero-order valence-corrected chi connectivity index (χ0v) is 9.17. The summed E-state index contributed by atoms with van der Waals surface area (Å²) in [5, 5.41) is 9.77. The van der Waals surface area contributed by atoms with E-state index in [0.29, 0.717) is 0 Å². The van der Waals surface area contributed by atoms with Crippen LogP contribution in [0.25, 0.3) is 10.2 Å². The third kappa shape index (κ3) is 2.15. The van der Waals surface area contributed by atoms with Gasteiger partial charge in [0.15, 0.2) is 0 Å². The van der Waals surface area contributed by atoms with Crippen LogP contribution in [0, 0.1) is 0 Å². The van der Waals surface area contributed by atoms with E-state index in [1.54, 1.807) is 11.3 Å². The number of thiazole rings is 1. The highest BCUT2D eigenvalue weighted by Crippen LogP contribution is 2.23. The fourth-order valence-corrected chi connectivity index (χ4v) is 2.42. The van der Waals surface area contributed by atoms with Crippen molar-refractivity contribution in [1.82, 2.24) is 4.98 Å². The van der Waals surface area contributed by atoms with Gasteiger partial charge < -0.3 is 5.11 Å². The van der Waals surface area contributed by atoms with E-state index in [1.807, 2.05) is 18.2 Å². The first-order valence-corrected chi connectivity index (χ1v) is 5.61. The first kappa shape index (κ1) is 10.1. The Labute approximate surface area is 91.4 Å². The maximum atomic E-state index is 10.6. The topological polar surface area (TPSA) is 50.2 Å². The molecule has 0 atom stereocenters. The van der Waals surface area contributed by atoms with Crippen LogP contribution in [0.1, 0.15) is 17.5 Å². The quantitative estimate of drug-likeness (QED) is 0.866. The van der Waals surface area contributed by atoms with Crippen LogP contribution < -0.4 is 0 Å². The van der Waals surface area contributed by atoms with E-state index < -0.39 is 5.97 Å². The highest BCUT2D eigenvalue weighted by Gasteiger charge is 2.05. The number of carbonyl (C=O) groups is 1. The van der Waals surface area contributed by atoms with Crippen LogP contribution in [0.3, 0.4) is 0 Å². The van der Waals surface area contributed by atoms with E-state index in [-0.39, 0.29) is 6.42 Å². The van der Waals surface area contributed by atoms with Gasteiger partial charge in [0.05, 0.1) is 21.6 Å². The Kier molecular flexibility index (Phi) is 2.68. The number of aliphatic carboxylic acids is 1.